The summed E-state index contributed by atoms with van der Waals surface area (Å²) < 4.78 is 5.11. The number of rotatable bonds is 7. The highest BCUT2D eigenvalue weighted by Crippen LogP contribution is 2.19. The Kier molecular flexibility index (Phi) is 6.63. The summed E-state index contributed by atoms with van der Waals surface area (Å²) in [6.45, 7) is 2.36. The molecule has 0 aromatic heterocycles. The van der Waals surface area contributed by atoms with Crippen LogP contribution in [-0.2, 0) is 11.2 Å². The van der Waals surface area contributed by atoms with Crippen molar-refractivity contribution in [3.8, 4) is 11.8 Å². The van der Waals surface area contributed by atoms with Crippen molar-refractivity contribution >= 4 is 17.3 Å². The summed E-state index contributed by atoms with van der Waals surface area (Å²) in [5.41, 5.74) is 9.20. The van der Waals surface area contributed by atoms with Gasteiger partial charge in [0.1, 0.15) is 17.4 Å². The lowest BCUT2D eigenvalue weighted by Gasteiger charge is -2.08. The van der Waals surface area contributed by atoms with E-state index in [9.17, 15) is 10.1 Å². The Labute approximate surface area is 153 Å². The number of methoxy groups -OCH3 is 1. The number of amides is 1. The van der Waals surface area contributed by atoms with Crippen LogP contribution in [0.5, 0.6) is 5.75 Å². The molecule has 0 aliphatic carbocycles. The maximum Gasteiger partial charge on any atom is 0.263 e. The van der Waals surface area contributed by atoms with Crippen LogP contribution in [0.15, 0.2) is 54.2 Å². The summed E-state index contributed by atoms with van der Waals surface area (Å²) in [6, 6.07) is 15.0. The molecule has 26 heavy (non-hydrogen) atoms. The second-order valence-electron chi connectivity index (χ2n) is 5.76. The van der Waals surface area contributed by atoms with Crippen molar-refractivity contribution in [3.05, 3.63) is 65.4 Å². The van der Waals surface area contributed by atoms with E-state index in [0.717, 1.165) is 16.9 Å². The fourth-order valence-electron chi connectivity index (χ4n) is 2.32. The Balaban J connectivity index is 1.90. The third-order valence-corrected chi connectivity index (χ3v) is 3.80. The van der Waals surface area contributed by atoms with Gasteiger partial charge in [-0.15, -0.1) is 0 Å². The van der Waals surface area contributed by atoms with Crippen molar-refractivity contribution in [1.82, 2.24) is 5.32 Å². The van der Waals surface area contributed by atoms with Crippen molar-refractivity contribution in [2.24, 2.45) is 0 Å². The summed E-state index contributed by atoms with van der Waals surface area (Å²) in [6.07, 6.45) is 2.02. The SMILES string of the molecule is COc1ccc(CCNC(=O)/C(C#N)=C\Nc2ccc(C)cc2N)cc1. The molecule has 0 saturated carbocycles. The Hall–Kier alpha value is -3.46. The van der Waals surface area contributed by atoms with E-state index in [1.54, 1.807) is 13.2 Å². The molecule has 2 aromatic rings. The van der Waals surface area contributed by atoms with E-state index >= 15 is 0 Å². The van der Waals surface area contributed by atoms with Crippen LogP contribution in [0.4, 0.5) is 11.4 Å². The van der Waals surface area contributed by atoms with E-state index in [2.05, 4.69) is 10.6 Å². The first kappa shape index (κ1) is 18.9. The van der Waals surface area contributed by atoms with Gasteiger partial charge in [-0.25, -0.2) is 0 Å². The maximum atomic E-state index is 12.1. The normalized spacial score (nSPS) is 10.7. The molecule has 1 amide bonds. The molecule has 2 rings (SSSR count). The molecule has 0 saturated heterocycles. The summed E-state index contributed by atoms with van der Waals surface area (Å²) in [5, 5.41) is 14.8. The third kappa shape index (κ3) is 5.28. The number of nitrogens with one attached hydrogen (secondary N) is 2. The smallest absolute Gasteiger partial charge is 0.263 e. The average molecular weight is 350 g/mol. The predicted molar refractivity (Wildman–Crippen MR) is 103 cm³/mol. The first-order valence-corrected chi connectivity index (χ1v) is 8.17. The second kappa shape index (κ2) is 9.14. The average Bonchev–Trinajstić information content (AvgIpc) is 2.64. The van der Waals surface area contributed by atoms with Crippen LogP contribution < -0.4 is 21.1 Å². The van der Waals surface area contributed by atoms with E-state index in [1.165, 1.54) is 6.20 Å². The van der Waals surface area contributed by atoms with Crippen molar-refractivity contribution in [1.29, 1.82) is 5.26 Å². The van der Waals surface area contributed by atoms with Crippen LogP contribution in [0.25, 0.3) is 0 Å². The summed E-state index contributed by atoms with van der Waals surface area (Å²) in [5.74, 6) is 0.355. The lowest BCUT2D eigenvalue weighted by molar-refractivity contribution is -0.117. The Morgan fingerprint density at radius 1 is 1.27 bits per heavy atom. The van der Waals surface area contributed by atoms with Gasteiger partial charge in [0.15, 0.2) is 0 Å². The number of nitrogen functional groups attached to an aromatic ring is 1. The Bertz CT molecular complexity index is 836. The van der Waals surface area contributed by atoms with Gasteiger partial charge in [0.25, 0.3) is 5.91 Å². The first-order chi connectivity index (χ1) is 12.5. The van der Waals surface area contributed by atoms with Crippen molar-refractivity contribution in [2.45, 2.75) is 13.3 Å². The van der Waals surface area contributed by atoms with Gasteiger partial charge in [-0.05, 0) is 48.7 Å². The predicted octanol–water partition coefficient (Wildman–Crippen LogP) is 2.76. The zero-order chi connectivity index (χ0) is 18.9. The molecule has 0 spiro atoms. The van der Waals surface area contributed by atoms with E-state index in [4.69, 9.17) is 10.5 Å². The minimum atomic E-state index is -0.431. The van der Waals surface area contributed by atoms with Gasteiger partial charge in [-0.1, -0.05) is 18.2 Å². The highest BCUT2D eigenvalue weighted by Gasteiger charge is 2.08. The lowest BCUT2D eigenvalue weighted by Crippen LogP contribution is -2.27. The molecule has 6 heteroatoms. The number of nitrogens with zero attached hydrogens (tertiary/aromatic N) is 1. The van der Waals surface area contributed by atoms with Gasteiger partial charge in [-0.3, -0.25) is 4.79 Å². The molecule has 134 valence electrons. The second-order valence-corrected chi connectivity index (χ2v) is 5.76. The van der Waals surface area contributed by atoms with Crippen LogP contribution in [0, 0.1) is 18.3 Å². The fraction of sp³-hybridized carbons (Fsp3) is 0.200. The molecule has 0 radical (unpaired) electrons. The number of benzene rings is 2. The number of carbonyl (C=O) groups excluding carboxylic acids is 1. The van der Waals surface area contributed by atoms with E-state index in [-0.39, 0.29) is 5.57 Å². The molecule has 0 aliphatic heterocycles. The number of nitrogens with two attached hydrogens (primary N) is 1. The van der Waals surface area contributed by atoms with Crippen molar-refractivity contribution in [2.75, 3.05) is 24.7 Å². The van der Waals surface area contributed by atoms with Gasteiger partial charge in [0.05, 0.1) is 18.5 Å². The van der Waals surface area contributed by atoms with E-state index < -0.39 is 5.91 Å². The number of carbonyl (C=O) groups is 1. The van der Waals surface area contributed by atoms with Crippen LogP contribution in [-0.4, -0.2) is 19.6 Å². The van der Waals surface area contributed by atoms with Crippen LogP contribution in [0.2, 0.25) is 0 Å². The maximum absolute atomic E-state index is 12.1. The standard InChI is InChI=1S/C20H22N4O2/c1-14-3-8-19(18(22)11-14)24-13-16(12-21)20(25)23-10-9-15-4-6-17(26-2)7-5-15/h3-8,11,13,24H,9-10,22H2,1-2H3,(H,23,25)/b16-13-. The van der Waals surface area contributed by atoms with Crippen molar-refractivity contribution in [3.63, 3.8) is 0 Å². The molecular weight excluding hydrogens is 328 g/mol. The monoisotopic (exact) mass is 350 g/mol. The summed E-state index contributed by atoms with van der Waals surface area (Å²) >= 11 is 0. The van der Waals surface area contributed by atoms with Gasteiger partial charge in [0.2, 0.25) is 0 Å². The van der Waals surface area contributed by atoms with Crippen LogP contribution >= 0.6 is 0 Å². The van der Waals surface area contributed by atoms with Crippen molar-refractivity contribution < 1.29 is 9.53 Å². The van der Waals surface area contributed by atoms with E-state index in [0.29, 0.717) is 24.3 Å². The molecule has 6 nitrogen and oxygen atoms in total. The fourth-order valence-corrected chi connectivity index (χ4v) is 2.32. The number of anilines is 2. The van der Waals surface area contributed by atoms with Gasteiger partial charge in [-0.2, -0.15) is 5.26 Å². The Morgan fingerprint density at radius 3 is 2.62 bits per heavy atom. The number of hydrogen-bond donors (Lipinski definition) is 3. The summed E-state index contributed by atoms with van der Waals surface area (Å²) in [7, 11) is 1.61. The van der Waals surface area contributed by atoms with Gasteiger partial charge < -0.3 is 21.1 Å². The minimum absolute atomic E-state index is 0.0142. The topological polar surface area (TPSA) is 100 Å². The quantitative estimate of drug-likeness (QED) is 0.405. The lowest BCUT2D eigenvalue weighted by atomic mass is 10.1. The number of hydrogen-bond acceptors (Lipinski definition) is 5. The molecule has 0 bridgehead atoms. The van der Waals surface area contributed by atoms with E-state index in [1.807, 2.05) is 49.4 Å². The Morgan fingerprint density at radius 2 is 2.00 bits per heavy atom. The zero-order valence-electron chi connectivity index (χ0n) is 14.9. The molecular formula is C20H22N4O2. The number of nitriles is 1. The molecule has 0 heterocycles. The molecule has 0 fully saturated rings. The molecule has 0 atom stereocenters. The number of aryl methyl sites for hydroxylation is 1. The molecule has 4 N–H and O–H groups in total. The number of ether oxygens (including phenoxy) is 1. The molecule has 0 unspecified atom stereocenters. The minimum Gasteiger partial charge on any atom is -0.497 e. The highest BCUT2D eigenvalue weighted by molar-refractivity contribution is 5.97. The first-order valence-electron chi connectivity index (χ1n) is 8.17. The van der Waals surface area contributed by atoms with Gasteiger partial charge in [0, 0.05) is 12.7 Å². The third-order valence-electron chi connectivity index (χ3n) is 3.80. The van der Waals surface area contributed by atoms with Crippen LogP contribution in [0.1, 0.15) is 11.1 Å². The highest BCUT2D eigenvalue weighted by atomic mass is 16.5. The largest absolute Gasteiger partial charge is 0.497 e. The molecule has 2 aromatic carbocycles. The molecule has 0 aliphatic rings. The van der Waals surface area contributed by atoms with Crippen LogP contribution in [0.3, 0.4) is 0 Å². The summed E-state index contributed by atoms with van der Waals surface area (Å²) in [4.78, 5) is 12.1. The zero-order valence-corrected chi connectivity index (χ0v) is 14.9. The van der Waals surface area contributed by atoms with Gasteiger partial charge >= 0.3 is 0 Å².